The van der Waals surface area contributed by atoms with E-state index in [2.05, 4.69) is 25.8 Å². The lowest BCUT2D eigenvalue weighted by atomic mass is 9.87. The van der Waals surface area contributed by atoms with Gasteiger partial charge in [-0.05, 0) is 35.2 Å². The first-order valence-electron chi connectivity index (χ1n) is 6.34. The van der Waals surface area contributed by atoms with Crippen LogP contribution in [0.3, 0.4) is 0 Å². The number of carbonyl (C=O) groups is 1. The zero-order valence-corrected chi connectivity index (χ0v) is 11.8. The largest absolute Gasteiger partial charge is 0.477 e. The second kappa shape index (κ2) is 5.33. The molecule has 0 fully saturated rings. The van der Waals surface area contributed by atoms with Crippen LogP contribution in [0.4, 0.5) is 0 Å². The van der Waals surface area contributed by atoms with Crippen LogP contribution >= 0.6 is 0 Å². The van der Waals surface area contributed by atoms with Gasteiger partial charge in [0.1, 0.15) is 11.3 Å². The van der Waals surface area contributed by atoms with Crippen LogP contribution in [0, 0.1) is 0 Å². The first kappa shape index (κ1) is 14.1. The molecule has 2 rings (SSSR count). The first-order valence-corrected chi connectivity index (χ1v) is 6.34. The van der Waals surface area contributed by atoms with Crippen molar-refractivity contribution in [2.75, 3.05) is 0 Å². The van der Waals surface area contributed by atoms with Crippen LogP contribution in [0.15, 0.2) is 42.6 Å². The minimum absolute atomic E-state index is 0.000879. The molecule has 0 unspecified atom stereocenters. The standard InChI is InChI=1S/C16H17NO3/c1-16(2,3)11-6-4-7-12(10-11)20-14-13(15(18)19)8-5-9-17-14/h4-10H,1-3H3,(H,18,19). The molecule has 0 saturated carbocycles. The molecule has 20 heavy (non-hydrogen) atoms. The van der Waals surface area contributed by atoms with Crippen molar-refractivity contribution in [3.63, 3.8) is 0 Å². The van der Waals surface area contributed by atoms with Gasteiger partial charge in [0.05, 0.1) is 0 Å². The number of aromatic carboxylic acids is 1. The monoisotopic (exact) mass is 271 g/mol. The van der Waals surface area contributed by atoms with E-state index in [0.29, 0.717) is 5.75 Å². The minimum Gasteiger partial charge on any atom is -0.477 e. The van der Waals surface area contributed by atoms with Gasteiger partial charge in [-0.15, -0.1) is 0 Å². The van der Waals surface area contributed by atoms with Crippen molar-refractivity contribution in [1.82, 2.24) is 4.98 Å². The molecule has 4 nitrogen and oxygen atoms in total. The number of benzene rings is 1. The molecule has 104 valence electrons. The molecule has 0 bridgehead atoms. The highest BCUT2D eigenvalue weighted by molar-refractivity contribution is 5.90. The van der Waals surface area contributed by atoms with Crippen molar-refractivity contribution < 1.29 is 14.6 Å². The predicted molar refractivity (Wildman–Crippen MR) is 76.4 cm³/mol. The van der Waals surface area contributed by atoms with Crippen molar-refractivity contribution in [1.29, 1.82) is 0 Å². The summed E-state index contributed by atoms with van der Waals surface area (Å²) in [5, 5.41) is 9.11. The van der Waals surface area contributed by atoms with Gasteiger partial charge in [-0.25, -0.2) is 9.78 Å². The number of ether oxygens (including phenoxy) is 1. The van der Waals surface area contributed by atoms with Gasteiger partial charge < -0.3 is 9.84 Å². The van der Waals surface area contributed by atoms with Crippen molar-refractivity contribution in [2.45, 2.75) is 26.2 Å². The van der Waals surface area contributed by atoms with Crippen LogP contribution < -0.4 is 4.74 Å². The second-order valence-electron chi connectivity index (χ2n) is 5.54. The summed E-state index contributed by atoms with van der Waals surface area (Å²) in [6.07, 6.45) is 1.51. The normalized spacial score (nSPS) is 11.2. The van der Waals surface area contributed by atoms with Crippen molar-refractivity contribution in [2.24, 2.45) is 0 Å². The Morgan fingerprint density at radius 1 is 1.20 bits per heavy atom. The first-order chi connectivity index (χ1) is 9.38. The van der Waals surface area contributed by atoms with Crippen LogP contribution in [-0.4, -0.2) is 16.1 Å². The van der Waals surface area contributed by atoms with Crippen LogP contribution in [0.5, 0.6) is 11.6 Å². The highest BCUT2D eigenvalue weighted by atomic mass is 16.5. The third-order valence-corrected chi connectivity index (χ3v) is 2.92. The number of hydrogen-bond acceptors (Lipinski definition) is 3. The van der Waals surface area contributed by atoms with Gasteiger partial charge >= 0.3 is 5.97 Å². The summed E-state index contributed by atoms with van der Waals surface area (Å²) in [6.45, 7) is 6.32. The minimum atomic E-state index is -1.06. The van der Waals surface area contributed by atoms with Crippen molar-refractivity contribution in [3.8, 4) is 11.6 Å². The van der Waals surface area contributed by atoms with Crippen molar-refractivity contribution in [3.05, 3.63) is 53.7 Å². The highest BCUT2D eigenvalue weighted by Gasteiger charge is 2.16. The molecule has 0 aliphatic rings. The maximum atomic E-state index is 11.1. The highest BCUT2D eigenvalue weighted by Crippen LogP contribution is 2.28. The lowest BCUT2D eigenvalue weighted by molar-refractivity contribution is 0.0693. The summed E-state index contributed by atoms with van der Waals surface area (Å²) in [7, 11) is 0. The maximum absolute atomic E-state index is 11.1. The number of carboxylic acids is 1. The molecular weight excluding hydrogens is 254 g/mol. The molecule has 0 aliphatic heterocycles. The molecule has 1 N–H and O–H groups in total. The van der Waals surface area contributed by atoms with E-state index < -0.39 is 5.97 Å². The summed E-state index contributed by atoms with van der Waals surface area (Å²) in [4.78, 5) is 15.1. The number of pyridine rings is 1. The molecule has 1 aromatic heterocycles. The Morgan fingerprint density at radius 3 is 2.60 bits per heavy atom. The zero-order valence-electron chi connectivity index (χ0n) is 11.8. The van der Waals surface area contributed by atoms with Crippen molar-refractivity contribution >= 4 is 5.97 Å². The van der Waals surface area contributed by atoms with E-state index in [1.54, 1.807) is 12.1 Å². The Bertz CT molecular complexity index is 630. The van der Waals surface area contributed by atoms with E-state index >= 15 is 0 Å². The summed E-state index contributed by atoms with van der Waals surface area (Å²) >= 11 is 0. The number of carboxylic acid groups (broad SMARTS) is 1. The fourth-order valence-corrected chi connectivity index (χ4v) is 1.77. The Balaban J connectivity index is 2.34. The van der Waals surface area contributed by atoms with Gasteiger partial charge in [0.2, 0.25) is 5.88 Å². The van der Waals surface area contributed by atoms with E-state index in [4.69, 9.17) is 9.84 Å². The van der Waals surface area contributed by atoms with Crippen LogP contribution in [0.2, 0.25) is 0 Å². The third kappa shape index (κ3) is 3.15. The molecule has 4 heteroatoms. The summed E-state index contributed by atoms with van der Waals surface area (Å²) in [6, 6.07) is 10.6. The smallest absolute Gasteiger partial charge is 0.341 e. The number of aromatic nitrogens is 1. The average Bonchev–Trinajstić information content (AvgIpc) is 2.38. The van der Waals surface area contributed by atoms with E-state index in [1.165, 1.54) is 12.3 Å². The van der Waals surface area contributed by atoms with Crippen LogP contribution in [0.1, 0.15) is 36.7 Å². The van der Waals surface area contributed by atoms with E-state index in [9.17, 15) is 4.79 Å². The number of nitrogens with zero attached hydrogens (tertiary/aromatic N) is 1. The van der Waals surface area contributed by atoms with E-state index in [-0.39, 0.29) is 16.9 Å². The zero-order chi connectivity index (χ0) is 14.8. The average molecular weight is 271 g/mol. The predicted octanol–water partition coefficient (Wildman–Crippen LogP) is 3.87. The van der Waals surface area contributed by atoms with E-state index in [0.717, 1.165) is 5.56 Å². The molecule has 0 atom stereocenters. The fourth-order valence-electron chi connectivity index (χ4n) is 1.77. The molecule has 0 radical (unpaired) electrons. The quantitative estimate of drug-likeness (QED) is 0.920. The van der Waals surface area contributed by atoms with Gasteiger partial charge in [0, 0.05) is 6.20 Å². The molecular formula is C16H17NO3. The fraction of sp³-hybridized carbons (Fsp3) is 0.250. The molecule has 0 spiro atoms. The molecule has 2 aromatic rings. The summed E-state index contributed by atoms with van der Waals surface area (Å²) in [5.74, 6) is -0.371. The van der Waals surface area contributed by atoms with Gasteiger partial charge in [0.15, 0.2) is 0 Å². The second-order valence-corrected chi connectivity index (χ2v) is 5.54. The Labute approximate surface area is 118 Å². The van der Waals surface area contributed by atoms with Crippen LogP contribution in [-0.2, 0) is 5.41 Å². The SMILES string of the molecule is CC(C)(C)c1cccc(Oc2ncccc2C(=O)O)c1. The summed E-state index contributed by atoms with van der Waals surface area (Å²) < 4.78 is 5.61. The van der Waals surface area contributed by atoms with Gasteiger partial charge in [0.25, 0.3) is 0 Å². The summed E-state index contributed by atoms with van der Waals surface area (Å²) in [5.41, 5.74) is 1.16. The van der Waals surface area contributed by atoms with E-state index in [1.807, 2.05) is 18.2 Å². The lowest BCUT2D eigenvalue weighted by Crippen LogP contribution is -2.10. The molecule has 1 heterocycles. The lowest BCUT2D eigenvalue weighted by Gasteiger charge is -2.19. The Hall–Kier alpha value is -2.36. The molecule has 1 aromatic carbocycles. The molecule has 0 saturated heterocycles. The Kier molecular flexibility index (Phi) is 3.74. The van der Waals surface area contributed by atoms with Gasteiger partial charge in [-0.3, -0.25) is 0 Å². The third-order valence-electron chi connectivity index (χ3n) is 2.92. The number of rotatable bonds is 3. The Morgan fingerprint density at radius 2 is 1.95 bits per heavy atom. The maximum Gasteiger partial charge on any atom is 0.341 e. The van der Waals surface area contributed by atoms with Gasteiger partial charge in [-0.2, -0.15) is 0 Å². The molecule has 0 amide bonds. The van der Waals surface area contributed by atoms with Crippen LogP contribution in [0.25, 0.3) is 0 Å². The number of hydrogen-bond donors (Lipinski definition) is 1. The van der Waals surface area contributed by atoms with Gasteiger partial charge in [-0.1, -0.05) is 32.9 Å². The topological polar surface area (TPSA) is 59.4 Å². The molecule has 0 aliphatic carbocycles.